The Morgan fingerprint density at radius 2 is 1.89 bits per heavy atom. The van der Waals surface area contributed by atoms with Crippen LogP contribution < -0.4 is 4.57 Å². The Hall–Kier alpha value is -2.22. The summed E-state index contributed by atoms with van der Waals surface area (Å²) in [7, 11) is 2.08. The van der Waals surface area contributed by atoms with E-state index < -0.39 is 0 Å². The van der Waals surface area contributed by atoms with E-state index in [4.69, 9.17) is 0 Å². The number of hydrogen-bond acceptors (Lipinski definition) is 1. The monoisotopic (exact) mass is 235 g/mol. The van der Waals surface area contributed by atoms with Gasteiger partial charge in [-0.15, -0.1) is 0 Å². The zero-order chi connectivity index (χ0) is 12.5. The molecular weight excluding hydrogens is 220 g/mol. The van der Waals surface area contributed by atoms with Gasteiger partial charge in [-0.05, 0) is 30.0 Å². The standard InChI is InChI=1S/C16H15N2/c1-12-5-3-4-6-14(12)16-15-11-17-9-7-13(15)8-10-18(16)2/h3-11H,1-2H3/q+1. The van der Waals surface area contributed by atoms with E-state index >= 15 is 0 Å². The van der Waals surface area contributed by atoms with Gasteiger partial charge < -0.3 is 0 Å². The zero-order valence-electron chi connectivity index (χ0n) is 10.6. The first-order valence-corrected chi connectivity index (χ1v) is 6.06. The molecule has 2 aromatic heterocycles. The lowest BCUT2D eigenvalue weighted by atomic mass is 10.0. The molecule has 0 atom stereocenters. The molecule has 0 amide bonds. The van der Waals surface area contributed by atoms with Crippen LogP contribution in [0.5, 0.6) is 0 Å². The predicted molar refractivity (Wildman–Crippen MR) is 73.1 cm³/mol. The summed E-state index contributed by atoms with van der Waals surface area (Å²) in [4.78, 5) is 4.26. The van der Waals surface area contributed by atoms with Crippen LogP contribution in [-0.4, -0.2) is 4.98 Å². The Morgan fingerprint density at radius 3 is 2.72 bits per heavy atom. The zero-order valence-corrected chi connectivity index (χ0v) is 10.6. The Morgan fingerprint density at radius 1 is 1.06 bits per heavy atom. The summed E-state index contributed by atoms with van der Waals surface area (Å²) in [5.74, 6) is 0. The van der Waals surface area contributed by atoms with E-state index in [-0.39, 0.29) is 0 Å². The highest BCUT2D eigenvalue weighted by Gasteiger charge is 2.16. The lowest BCUT2D eigenvalue weighted by Crippen LogP contribution is -2.30. The summed E-state index contributed by atoms with van der Waals surface area (Å²) >= 11 is 0. The van der Waals surface area contributed by atoms with Crippen LogP contribution in [0.4, 0.5) is 0 Å². The molecule has 0 bridgehead atoms. The Balaban J connectivity index is 2.42. The Bertz CT molecular complexity index is 717. The molecule has 2 nitrogen and oxygen atoms in total. The summed E-state index contributed by atoms with van der Waals surface area (Å²) in [6.07, 6.45) is 5.88. The molecule has 18 heavy (non-hydrogen) atoms. The maximum atomic E-state index is 4.26. The van der Waals surface area contributed by atoms with Crippen LogP contribution in [-0.2, 0) is 7.05 Å². The van der Waals surface area contributed by atoms with Crippen molar-refractivity contribution in [3.8, 4) is 11.3 Å². The number of aromatic nitrogens is 2. The summed E-state index contributed by atoms with van der Waals surface area (Å²) in [6.45, 7) is 2.14. The van der Waals surface area contributed by atoms with Gasteiger partial charge in [-0.25, -0.2) is 4.57 Å². The fourth-order valence-corrected chi connectivity index (χ4v) is 2.38. The van der Waals surface area contributed by atoms with Crippen LogP contribution in [0.3, 0.4) is 0 Å². The second-order valence-electron chi connectivity index (χ2n) is 4.55. The summed E-state index contributed by atoms with van der Waals surface area (Å²) < 4.78 is 2.16. The smallest absolute Gasteiger partial charge is 0.221 e. The number of pyridine rings is 2. The van der Waals surface area contributed by atoms with Crippen LogP contribution in [0.2, 0.25) is 0 Å². The minimum absolute atomic E-state index is 1.19. The SMILES string of the molecule is Cc1ccccc1-c1c2cnccc2cc[n+]1C. The molecule has 0 N–H and O–H groups in total. The van der Waals surface area contributed by atoms with Gasteiger partial charge in [-0.2, -0.15) is 0 Å². The molecule has 0 aliphatic heterocycles. The molecule has 0 fully saturated rings. The van der Waals surface area contributed by atoms with Crippen molar-refractivity contribution < 1.29 is 4.57 Å². The third-order valence-electron chi connectivity index (χ3n) is 3.34. The number of hydrogen-bond donors (Lipinski definition) is 0. The molecule has 3 aromatic rings. The molecule has 2 heterocycles. The molecule has 0 saturated heterocycles. The normalized spacial score (nSPS) is 10.8. The van der Waals surface area contributed by atoms with Crippen molar-refractivity contribution >= 4 is 10.8 Å². The van der Waals surface area contributed by atoms with Gasteiger partial charge >= 0.3 is 0 Å². The second-order valence-corrected chi connectivity index (χ2v) is 4.55. The first-order chi connectivity index (χ1) is 8.77. The van der Waals surface area contributed by atoms with Gasteiger partial charge in [0.15, 0.2) is 6.20 Å². The van der Waals surface area contributed by atoms with Gasteiger partial charge in [0.2, 0.25) is 5.69 Å². The lowest BCUT2D eigenvalue weighted by molar-refractivity contribution is -0.659. The molecular formula is C16H15N2+. The van der Waals surface area contributed by atoms with Crippen molar-refractivity contribution in [2.24, 2.45) is 7.05 Å². The van der Waals surface area contributed by atoms with Gasteiger partial charge in [0.1, 0.15) is 7.05 Å². The Kier molecular flexibility index (Phi) is 2.56. The molecule has 88 valence electrons. The minimum atomic E-state index is 1.19. The van der Waals surface area contributed by atoms with Crippen LogP contribution >= 0.6 is 0 Å². The molecule has 2 heteroatoms. The highest BCUT2D eigenvalue weighted by molar-refractivity contribution is 5.92. The van der Waals surface area contributed by atoms with Gasteiger partial charge in [-0.1, -0.05) is 18.2 Å². The summed E-state index contributed by atoms with van der Waals surface area (Å²) in [6, 6.07) is 12.6. The first kappa shape index (κ1) is 10.9. The van der Waals surface area contributed by atoms with Crippen molar-refractivity contribution in [2.45, 2.75) is 6.92 Å². The van der Waals surface area contributed by atoms with Crippen LogP contribution in [0, 0.1) is 6.92 Å². The molecule has 0 radical (unpaired) electrons. The van der Waals surface area contributed by atoms with E-state index in [2.05, 4.69) is 66.1 Å². The van der Waals surface area contributed by atoms with Crippen LogP contribution in [0.15, 0.2) is 55.0 Å². The fraction of sp³-hybridized carbons (Fsp3) is 0.125. The number of benzene rings is 1. The lowest BCUT2D eigenvalue weighted by Gasteiger charge is -2.06. The van der Waals surface area contributed by atoms with Crippen molar-refractivity contribution in [2.75, 3.05) is 0 Å². The quantitative estimate of drug-likeness (QED) is 0.592. The summed E-state index contributed by atoms with van der Waals surface area (Å²) in [5, 5.41) is 2.41. The average Bonchev–Trinajstić information content (AvgIpc) is 2.40. The van der Waals surface area contributed by atoms with Crippen LogP contribution in [0.1, 0.15) is 5.56 Å². The van der Waals surface area contributed by atoms with Gasteiger partial charge in [0.05, 0.1) is 5.39 Å². The summed E-state index contributed by atoms with van der Waals surface area (Å²) in [5.41, 5.74) is 3.77. The van der Waals surface area contributed by atoms with E-state index in [0.717, 1.165) is 0 Å². The van der Waals surface area contributed by atoms with Crippen LogP contribution in [0.25, 0.3) is 22.0 Å². The molecule has 1 aromatic carbocycles. The van der Waals surface area contributed by atoms with Gasteiger partial charge in [0.25, 0.3) is 0 Å². The molecule has 0 unspecified atom stereocenters. The highest BCUT2D eigenvalue weighted by Crippen LogP contribution is 2.26. The van der Waals surface area contributed by atoms with Gasteiger partial charge in [-0.3, -0.25) is 4.98 Å². The number of rotatable bonds is 1. The largest absolute Gasteiger partial charge is 0.264 e. The molecule has 0 aliphatic carbocycles. The van der Waals surface area contributed by atoms with E-state index in [1.807, 2.05) is 12.4 Å². The average molecular weight is 235 g/mol. The predicted octanol–water partition coefficient (Wildman–Crippen LogP) is 3.03. The van der Waals surface area contributed by atoms with E-state index in [1.165, 1.54) is 27.6 Å². The number of aryl methyl sites for hydroxylation is 2. The van der Waals surface area contributed by atoms with Gasteiger partial charge in [0, 0.05) is 24.0 Å². The third kappa shape index (κ3) is 1.66. The molecule has 0 saturated carbocycles. The third-order valence-corrected chi connectivity index (χ3v) is 3.34. The highest BCUT2D eigenvalue weighted by atomic mass is 14.9. The molecule has 3 rings (SSSR count). The molecule has 0 aliphatic rings. The fourth-order valence-electron chi connectivity index (χ4n) is 2.38. The maximum Gasteiger partial charge on any atom is 0.221 e. The second kappa shape index (κ2) is 4.22. The Labute approximate surface area is 107 Å². The molecule has 0 spiro atoms. The minimum Gasteiger partial charge on any atom is -0.264 e. The number of nitrogens with zero attached hydrogens (tertiary/aromatic N) is 2. The van der Waals surface area contributed by atoms with Crippen molar-refractivity contribution in [1.82, 2.24) is 4.98 Å². The topological polar surface area (TPSA) is 16.8 Å². The number of fused-ring (bicyclic) bond motifs is 1. The van der Waals surface area contributed by atoms with E-state index in [0.29, 0.717) is 0 Å². The van der Waals surface area contributed by atoms with E-state index in [1.54, 1.807) is 0 Å². The van der Waals surface area contributed by atoms with Crippen molar-refractivity contribution in [3.63, 3.8) is 0 Å². The van der Waals surface area contributed by atoms with Crippen molar-refractivity contribution in [3.05, 3.63) is 60.6 Å². The van der Waals surface area contributed by atoms with Crippen molar-refractivity contribution in [1.29, 1.82) is 0 Å². The van der Waals surface area contributed by atoms with E-state index in [9.17, 15) is 0 Å². The maximum absolute atomic E-state index is 4.26. The first-order valence-electron chi connectivity index (χ1n) is 6.06.